The molecule has 2 amide bonds. The van der Waals surface area contributed by atoms with Crippen LogP contribution in [-0.2, 0) is 9.59 Å². The second kappa shape index (κ2) is 11.6. The molecule has 0 heterocycles. The highest BCUT2D eigenvalue weighted by Crippen LogP contribution is 2.17. The molecule has 28 heavy (non-hydrogen) atoms. The Kier molecular flexibility index (Phi) is 8.77. The summed E-state index contributed by atoms with van der Waals surface area (Å²) in [6.45, 7) is -0.460. The van der Waals surface area contributed by atoms with Crippen LogP contribution in [0.2, 0.25) is 10.0 Å². The molecule has 0 radical (unpaired) electrons. The molecule has 2 N–H and O–H groups in total. The van der Waals surface area contributed by atoms with Gasteiger partial charge in [-0.25, -0.2) is 10.9 Å². The first-order valence-electron chi connectivity index (χ1n) is 7.92. The molecule has 0 aliphatic heterocycles. The van der Waals surface area contributed by atoms with Gasteiger partial charge in [0.25, 0.3) is 11.8 Å². The number of nitrogens with zero attached hydrogens (tertiary/aromatic N) is 2. The van der Waals surface area contributed by atoms with Gasteiger partial charge in [-0.1, -0.05) is 35.3 Å². The minimum atomic E-state index is -0.469. The van der Waals surface area contributed by atoms with Gasteiger partial charge in [-0.05, 0) is 36.4 Å². The first-order valence-corrected chi connectivity index (χ1v) is 8.67. The van der Waals surface area contributed by atoms with Gasteiger partial charge in [0, 0.05) is 10.0 Å². The Morgan fingerprint density at radius 2 is 1.25 bits per heavy atom. The predicted molar refractivity (Wildman–Crippen MR) is 107 cm³/mol. The average molecular weight is 423 g/mol. The standard InChI is InChI=1S/C18H16Cl2N4O4/c19-13-3-1-5-15(9-13)27-11-17(25)23-21-7-8-22-24-18(26)12-28-16-6-2-4-14(20)10-16/h1-10H,11-12H2,(H,23,25)(H,24,26)/b21-7-,22-8-. The normalized spacial score (nSPS) is 10.8. The van der Waals surface area contributed by atoms with Gasteiger partial charge in [-0.15, -0.1) is 0 Å². The van der Waals surface area contributed by atoms with Crippen molar-refractivity contribution in [3.63, 3.8) is 0 Å². The van der Waals surface area contributed by atoms with Crippen molar-refractivity contribution in [3.8, 4) is 11.5 Å². The molecule has 2 aromatic rings. The SMILES string of the molecule is O=C(COc1cccc(Cl)c1)N/N=C\C=N/NC(=O)COc1cccc(Cl)c1. The fourth-order valence-corrected chi connectivity index (χ4v) is 2.12. The maximum atomic E-state index is 11.6. The van der Waals surface area contributed by atoms with Gasteiger partial charge >= 0.3 is 0 Å². The molecular weight excluding hydrogens is 407 g/mol. The summed E-state index contributed by atoms with van der Waals surface area (Å²) >= 11 is 11.6. The third-order valence-corrected chi connectivity index (χ3v) is 3.40. The van der Waals surface area contributed by atoms with Crippen molar-refractivity contribution in [1.29, 1.82) is 0 Å². The zero-order valence-electron chi connectivity index (χ0n) is 14.5. The van der Waals surface area contributed by atoms with Crippen LogP contribution in [0, 0.1) is 0 Å². The number of hydrogen-bond donors (Lipinski definition) is 2. The summed E-state index contributed by atoms with van der Waals surface area (Å²) in [6.07, 6.45) is 2.38. The summed E-state index contributed by atoms with van der Waals surface area (Å²) in [4.78, 5) is 23.1. The van der Waals surface area contributed by atoms with E-state index in [1.165, 1.54) is 12.4 Å². The number of hydrazone groups is 2. The highest BCUT2D eigenvalue weighted by Gasteiger charge is 2.02. The van der Waals surface area contributed by atoms with Crippen molar-refractivity contribution < 1.29 is 19.1 Å². The lowest BCUT2D eigenvalue weighted by atomic mass is 10.3. The summed E-state index contributed by atoms with van der Waals surface area (Å²) in [5, 5.41) is 8.26. The number of carbonyl (C=O) groups is 2. The Morgan fingerprint density at radius 1 is 0.821 bits per heavy atom. The van der Waals surface area contributed by atoms with E-state index in [4.69, 9.17) is 32.7 Å². The number of hydrogen-bond acceptors (Lipinski definition) is 6. The van der Waals surface area contributed by atoms with Gasteiger partial charge in [0.2, 0.25) is 0 Å². The lowest BCUT2D eigenvalue weighted by Crippen LogP contribution is -2.25. The number of halogens is 2. The van der Waals surface area contributed by atoms with E-state index in [1.54, 1.807) is 48.5 Å². The molecule has 0 aliphatic carbocycles. The third-order valence-electron chi connectivity index (χ3n) is 2.93. The Bertz CT molecular complexity index is 803. The maximum absolute atomic E-state index is 11.6. The number of ether oxygens (including phenoxy) is 2. The first kappa shape index (κ1) is 21.2. The second-order valence-electron chi connectivity index (χ2n) is 5.12. The molecule has 2 rings (SSSR count). The van der Waals surface area contributed by atoms with Crippen LogP contribution in [0.4, 0.5) is 0 Å². The van der Waals surface area contributed by atoms with E-state index in [9.17, 15) is 9.59 Å². The van der Waals surface area contributed by atoms with Crippen LogP contribution in [-0.4, -0.2) is 37.5 Å². The molecule has 0 bridgehead atoms. The van der Waals surface area contributed by atoms with Gasteiger partial charge < -0.3 is 9.47 Å². The molecule has 0 saturated heterocycles. The van der Waals surface area contributed by atoms with Gasteiger partial charge in [0.05, 0.1) is 12.4 Å². The second-order valence-corrected chi connectivity index (χ2v) is 5.99. The lowest BCUT2D eigenvalue weighted by Gasteiger charge is -2.05. The largest absolute Gasteiger partial charge is 0.484 e. The Labute approximate surface area is 171 Å². The van der Waals surface area contributed by atoms with Crippen LogP contribution in [0.1, 0.15) is 0 Å². The highest BCUT2D eigenvalue weighted by atomic mass is 35.5. The number of carbonyl (C=O) groups excluding carboxylic acids is 2. The smallest absolute Gasteiger partial charge is 0.277 e. The Hall–Kier alpha value is -3.10. The number of benzene rings is 2. The van der Waals surface area contributed by atoms with E-state index in [0.717, 1.165) is 0 Å². The van der Waals surface area contributed by atoms with Gasteiger partial charge in [0.15, 0.2) is 13.2 Å². The fourth-order valence-electron chi connectivity index (χ4n) is 1.76. The summed E-state index contributed by atoms with van der Waals surface area (Å²) in [5.74, 6) is -0.000962. The van der Waals surface area contributed by atoms with E-state index < -0.39 is 11.8 Å². The molecule has 0 fully saturated rings. The summed E-state index contributed by atoms with van der Waals surface area (Å²) in [6, 6.07) is 13.3. The minimum Gasteiger partial charge on any atom is -0.484 e. The van der Waals surface area contributed by atoms with Crippen molar-refractivity contribution in [3.05, 3.63) is 58.6 Å². The topological polar surface area (TPSA) is 101 Å². The van der Waals surface area contributed by atoms with Crippen LogP contribution >= 0.6 is 23.2 Å². The highest BCUT2D eigenvalue weighted by molar-refractivity contribution is 6.31. The lowest BCUT2D eigenvalue weighted by molar-refractivity contribution is -0.123. The third kappa shape index (κ3) is 8.52. The molecule has 10 heteroatoms. The molecule has 0 saturated carbocycles. The Balaban J connectivity index is 1.60. The molecule has 2 aromatic carbocycles. The molecule has 0 aromatic heterocycles. The summed E-state index contributed by atoms with van der Waals surface area (Å²) in [7, 11) is 0. The van der Waals surface area contributed by atoms with Crippen molar-refractivity contribution in [2.24, 2.45) is 10.2 Å². The van der Waals surface area contributed by atoms with Crippen molar-refractivity contribution in [2.75, 3.05) is 13.2 Å². The average Bonchev–Trinajstić information content (AvgIpc) is 2.67. The number of rotatable bonds is 9. The summed E-state index contributed by atoms with van der Waals surface area (Å²) in [5.41, 5.74) is 4.48. The molecule has 8 nitrogen and oxygen atoms in total. The number of nitrogens with one attached hydrogen (secondary N) is 2. The van der Waals surface area contributed by atoms with Crippen LogP contribution in [0.25, 0.3) is 0 Å². The van der Waals surface area contributed by atoms with Gasteiger partial charge in [0.1, 0.15) is 11.5 Å². The van der Waals surface area contributed by atoms with E-state index >= 15 is 0 Å². The predicted octanol–water partition coefficient (Wildman–Crippen LogP) is 2.66. The molecular formula is C18H16Cl2N4O4. The zero-order valence-corrected chi connectivity index (χ0v) is 16.0. The van der Waals surface area contributed by atoms with E-state index in [2.05, 4.69) is 21.1 Å². The van der Waals surface area contributed by atoms with Crippen LogP contribution in [0.3, 0.4) is 0 Å². The van der Waals surface area contributed by atoms with Crippen molar-refractivity contribution in [2.45, 2.75) is 0 Å². The van der Waals surface area contributed by atoms with Crippen molar-refractivity contribution in [1.82, 2.24) is 10.9 Å². The monoisotopic (exact) mass is 422 g/mol. The first-order chi connectivity index (χ1) is 13.5. The van der Waals surface area contributed by atoms with Gasteiger partial charge in [-0.3, -0.25) is 9.59 Å². The van der Waals surface area contributed by atoms with Crippen LogP contribution in [0.15, 0.2) is 58.7 Å². The quantitative estimate of drug-likeness (QED) is 0.478. The van der Waals surface area contributed by atoms with E-state index in [1.807, 2.05) is 0 Å². The zero-order chi connectivity index (χ0) is 20.2. The Morgan fingerprint density at radius 3 is 1.64 bits per heavy atom. The maximum Gasteiger partial charge on any atom is 0.277 e. The van der Waals surface area contributed by atoms with Crippen molar-refractivity contribution >= 4 is 47.4 Å². The van der Waals surface area contributed by atoms with E-state index in [0.29, 0.717) is 21.5 Å². The van der Waals surface area contributed by atoms with E-state index in [-0.39, 0.29) is 13.2 Å². The minimum absolute atomic E-state index is 0.230. The molecule has 0 aliphatic rings. The molecule has 0 unspecified atom stereocenters. The van der Waals surface area contributed by atoms with Gasteiger partial charge in [-0.2, -0.15) is 10.2 Å². The number of amides is 2. The molecule has 146 valence electrons. The molecule has 0 spiro atoms. The molecule has 0 atom stereocenters. The summed E-state index contributed by atoms with van der Waals surface area (Å²) < 4.78 is 10.5. The van der Waals surface area contributed by atoms with Crippen LogP contribution in [0.5, 0.6) is 11.5 Å². The fraction of sp³-hybridized carbons (Fsp3) is 0.111. The van der Waals surface area contributed by atoms with Crippen LogP contribution < -0.4 is 20.3 Å².